The number of nitrogens with zero attached hydrogens (tertiary/aromatic N) is 2. The van der Waals surface area contributed by atoms with Crippen molar-refractivity contribution in [3.8, 4) is 0 Å². The van der Waals surface area contributed by atoms with E-state index in [2.05, 4.69) is 44.8 Å². The number of halogens is 2. The normalized spacial score (nSPS) is 14.9. The zero-order valence-electron chi connectivity index (χ0n) is 8.17. The molecule has 0 spiro atoms. The molecular weight excluding hydrogens is 312 g/mol. The first kappa shape index (κ1) is 12.0. The highest BCUT2D eigenvalue weighted by molar-refractivity contribution is 14.1. The summed E-state index contributed by atoms with van der Waals surface area (Å²) in [5.41, 5.74) is 0. The van der Waals surface area contributed by atoms with Gasteiger partial charge < -0.3 is 5.32 Å². The fraction of sp³-hybridized carbons (Fsp3) is 0.556. The lowest BCUT2D eigenvalue weighted by molar-refractivity contribution is 0.689. The highest BCUT2D eigenvalue weighted by atomic mass is 127. The van der Waals surface area contributed by atoms with Crippen LogP contribution in [0.5, 0.6) is 0 Å². The van der Waals surface area contributed by atoms with Gasteiger partial charge in [-0.15, -0.1) is 11.6 Å². The lowest BCUT2D eigenvalue weighted by atomic mass is 10.2. The van der Waals surface area contributed by atoms with Crippen molar-refractivity contribution in [2.45, 2.75) is 31.7 Å². The first-order valence-electron chi connectivity index (χ1n) is 4.46. The third-order valence-electron chi connectivity index (χ3n) is 1.67. The fourth-order valence-corrected chi connectivity index (χ4v) is 1.70. The van der Waals surface area contributed by atoms with Crippen LogP contribution in [0.1, 0.15) is 20.3 Å². The largest absolute Gasteiger partial charge is 0.352 e. The van der Waals surface area contributed by atoms with E-state index in [1.807, 2.05) is 6.92 Å². The topological polar surface area (TPSA) is 37.8 Å². The molecule has 0 aliphatic heterocycles. The van der Waals surface area contributed by atoms with E-state index in [0.29, 0.717) is 12.0 Å². The van der Waals surface area contributed by atoms with E-state index >= 15 is 0 Å². The van der Waals surface area contributed by atoms with Crippen molar-refractivity contribution in [2.24, 2.45) is 0 Å². The number of alkyl halides is 1. The second-order valence-electron chi connectivity index (χ2n) is 3.29. The maximum absolute atomic E-state index is 5.88. The second kappa shape index (κ2) is 5.70. The molecule has 0 aromatic carbocycles. The molecule has 2 atom stereocenters. The number of anilines is 1. The fourth-order valence-electron chi connectivity index (χ4n) is 1.15. The zero-order valence-corrected chi connectivity index (χ0v) is 11.1. The Labute approximate surface area is 103 Å². The molecule has 0 amide bonds. The Kier molecular flexibility index (Phi) is 4.88. The highest BCUT2D eigenvalue weighted by Gasteiger charge is 2.06. The third kappa shape index (κ3) is 4.41. The summed E-state index contributed by atoms with van der Waals surface area (Å²) in [6.45, 7) is 4.05. The molecule has 1 N–H and O–H groups in total. The molecule has 78 valence electrons. The molecule has 14 heavy (non-hydrogen) atoms. The van der Waals surface area contributed by atoms with E-state index < -0.39 is 0 Å². The molecule has 3 nitrogen and oxygen atoms in total. The minimum atomic E-state index is 0.168. The van der Waals surface area contributed by atoms with E-state index in [9.17, 15) is 0 Å². The summed E-state index contributed by atoms with van der Waals surface area (Å²) >= 11 is 8.06. The molecule has 0 bridgehead atoms. The minimum Gasteiger partial charge on any atom is -0.352 e. The summed E-state index contributed by atoms with van der Waals surface area (Å²) < 4.78 is 1.03. The van der Waals surface area contributed by atoms with Crippen LogP contribution in [-0.4, -0.2) is 21.4 Å². The third-order valence-corrected chi connectivity index (χ3v) is 2.41. The molecule has 0 saturated carbocycles. The SMILES string of the molecule is CC(Cl)CC(C)Nc1ncc(I)cn1. The lowest BCUT2D eigenvalue weighted by Crippen LogP contribution is -2.19. The zero-order chi connectivity index (χ0) is 10.6. The minimum absolute atomic E-state index is 0.168. The predicted molar refractivity (Wildman–Crippen MR) is 67.8 cm³/mol. The van der Waals surface area contributed by atoms with Crippen LogP contribution in [0.2, 0.25) is 0 Å². The Morgan fingerprint density at radius 3 is 2.50 bits per heavy atom. The van der Waals surface area contributed by atoms with E-state index in [1.54, 1.807) is 12.4 Å². The van der Waals surface area contributed by atoms with Gasteiger partial charge in [0.15, 0.2) is 0 Å². The number of hydrogen-bond acceptors (Lipinski definition) is 3. The molecule has 0 aliphatic carbocycles. The average Bonchev–Trinajstić information content (AvgIpc) is 2.07. The van der Waals surface area contributed by atoms with Crippen molar-refractivity contribution in [1.82, 2.24) is 9.97 Å². The van der Waals surface area contributed by atoms with Gasteiger partial charge in [-0.2, -0.15) is 0 Å². The summed E-state index contributed by atoms with van der Waals surface area (Å²) in [5.74, 6) is 0.662. The van der Waals surface area contributed by atoms with Gasteiger partial charge in [-0.25, -0.2) is 9.97 Å². The highest BCUT2D eigenvalue weighted by Crippen LogP contribution is 2.09. The molecule has 1 aromatic heterocycles. The molecule has 0 aliphatic rings. The van der Waals surface area contributed by atoms with Gasteiger partial charge in [0.1, 0.15) is 0 Å². The number of nitrogens with one attached hydrogen (secondary N) is 1. The molecule has 2 unspecified atom stereocenters. The van der Waals surface area contributed by atoms with Crippen LogP contribution in [0.25, 0.3) is 0 Å². The summed E-state index contributed by atoms with van der Waals surface area (Å²) in [7, 11) is 0. The van der Waals surface area contributed by atoms with Crippen LogP contribution in [0.4, 0.5) is 5.95 Å². The average molecular weight is 326 g/mol. The summed E-state index contributed by atoms with van der Waals surface area (Å²) in [4.78, 5) is 8.31. The van der Waals surface area contributed by atoms with Crippen molar-refractivity contribution in [2.75, 3.05) is 5.32 Å². The van der Waals surface area contributed by atoms with Gasteiger partial charge in [0.25, 0.3) is 0 Å². The van der Waals surface area contributed by atoms with Crippen LogP contribution in [-0.2, 0) is 0 Å². The van der Waals surface area contributed by atoms with Gasteiger partial charge >= 0.3 is 0 Å². The van der Waals surface area contributed by atoms with Crippen LogP contribution in [0.15, 0.2) is 12.4 Å². The van der Waals surface area contributed by atoms with Crippen LogP contribution < -0.4 is 5.32 Å². The van der Waals surface area contributed by atoms with Crippen molar-refractivity contribution in [3.63, 3.8) is 0 Å². The molecule has 0 radical (unpaired) electrons. The van der Waals surface area contributed by atoms with Crippen molar-refractivity contribution in [1.29, 1.82) is 0 Å². The van der Waals surface area contributed by atoms with Gasteiger partial charge in [0.05, 0.1) is 0 Å². The van der Waals surface area contributed by atoms with E-state index in [1.165, 1.54) is 0 Å². The number of hydrogen-bond donors (Lipinski definition) is 1. The standard InChI is InChI=1S/C9H13ClIN3/c1-6(10)3-7(2)14-9-12-4-8(11)5-13-9/h4-7H,3H2,1-2H3,(H,12,13,14). The second-order valence-corrected chi connectivity index (χ2v) is 5.28. The van der Waals surface area contributed by atoms with E-state index in [-0.39, 0.29) is 5.38 Å². The van der Waals surface area contributed by atoms with Crippen LogP contribution in [0, 0.1) is 3.57 Å². The maximum atomic E-state index is 5.88. The number of aromatic nitrogens is 2. The van der Waals surface area contributed by atoms with Gasteiger partial charge in [-0.1, -0.05) is 0 Å². The van der Waals surface area contributed by atoms with Crippen LogP contribution in [0.3, 0.4) is 0 Å². The maximum Gasteiger partial charge on any atom is 0.222 e. The molecule has 1 heterocycles. The Morgan fingerprint density at radius 2 is 2.00 bits per heavy atom. The van der Waals surface area contributed by atoms with Crippen molar-refractivity contribution < 1.29 is 0 Å². The Bertz CT molecular complexity index is 276. The van der Waals surface area contributed by atoms with Crippen molar-refractivity contribution in [3.05, 3.63) is 16.0 Å². The van der Waals surface area contributed by atoms with Gasteiger partial charge in [-0.3, -0.25) is 0 Å². The first-order valence-corrected chi connectivity index (χ1v) is 5.97. The molecule has 5 heteroatoms. The smallest absolute Gasteiger partial charge is 0.222 e. The molecule has 0 fully saturated rings. The Hall–Kier alpha value is -0.100. The van der Waals surface area contributed by atoms with Gasteiger partial charge in [0, 0.05) is 27.4 Å². The predicted octanol–water partition coefficient (Wildman–Crippen LogP) is 2.90. The van der Waals surface area contributed by atoms with E-state index in [0.717, 1.165) is 9.99 Å². The quantitative estimate of drug-likeness (QED) is 0.683. The van der Waals surface area contributed by atoms with Crippen molar-refractivity contribution >= 4 is 40.1 Å². The number of rotatable bonds is 4. The van der Waals surface area contributed by atoms with Gasteiger partial charge in [0.2, 0.25) is 5.95 Å². The van der Waals surface area contributed by atoms with Crippen LogP contribution >= 0.6 is 34.2 Å². The molecule has 1 rings (SSSR count). The monoisotopic (exact) mass is 325 g/mol. The first-order chi connectivity index (χ1) is 6.58. The molecular formula is C9H13ClIN3. The van der Waals surface area contributed by atoms with E-state index in [4.69, 9.17) is 11.6 Å². The molecule has 0 saturated heterocycles. The summed E-state index contributed by atoms with van der Waals surface area (Å²) in [6.07, 6.45) is 4.47. The summed E-state index contributed by atoms with van der Waals surface area (Å²) in [5, 5.41) is 3.36. The Morgan fingerprint density at radius 1 is 1.43 bits per heavy atom. The lowest BCUT2D eigenvalue weighted by Gasteiger charge is -2.14. The Balaban J connectivity index is 2.47. The molecule has 1 aromatic rings. The van der Waals surface area contributed by atoms with Gasteiger partial charge in [-0.05, 0) is 42.9 Å². The summed E-state index contributed by atoms with van der Waals surface area (Å²) in [6, 6.07) is 0.294.